The molecule has 1 N–H and O–H groups in total. The molecule has 0 aliphatic rings. The molecule has 22 heavy (non-hydrogen) atoms. The van der Waals surface area contributed by atoms with Crippen molar-refractivity contribution in [3.05, 3.63) is 54.2 Å². The van der Waals surface area contributed by atoms with Crippen molar-refractivity contribution in [2.45, 2.75) is 20.8 Å². The van der Waals surface area contributed by atoms with Crippen molar-refractivity contribution in [2.75, 3.05) is 5.32 Å². The van der Waals surface area contributed by atoms with Crippen molar-refractivity contribution in [3.63, 3.8) is 0 Å². The van der Waals surface area contributed by atoms with Gasteiger partial charge in [-0.05, 0) is 19.1 Å². The van der Waals surface area contributed by atoms with Gasteiger partial charge in [0.25, 0.3) is 0 Å². The topological polar surface area (TPSA) is 46.4 Å². The van der Waals surface area contributed by atoms with Crippen LogP contribution in [-0.4, -0.2) is 15.3 Å². The molecule has 2 aromatic heterocycles. The summed E-state index contributed by atoms with van der Waals surface area (Å²) in [4.78, 5) is 16.8. The van der Waals surface area contributed by atoms with Crippen LogP contribution in [0.15, 0.2) is 48.7 Å². The molecule has 1 amide bonds. The van der Waals surface area contributed by atoms with Crippen molar-refractivity contribution >= 4 is 17.4 Å². The van der Waals surface area contributed by atoms with Crippen LogP contribution in [0, 0.1) is 12.8 Å². The molecule has 4 heteroatoms. The number of anilines is 1. The zero-order valence-corrected chi connectivity index (χ0v) is 13.0. The molecule has 1 aromatic carbocycles. The Bertz CT molecular complexity index is 816. The molecule has 0 atom stereocenters. The molecule has 3 rings (SSSR count). The van der Waals surface area contributed by atoms with Crippen LogP contribution in [0.4, 0.5) is 5.82 Å². The average Bonchev–Trinajstić information content (AvgIpc) is 2.87. The maximum absolute atomic E-state index is 12.1. The predicted octanol–water partition coefficient (Wildman–Crippen LogP) is 3.90. The molecule has 0 unspecified atom stereocenters. The Labute approximate surface area is 129 Å². The van der Waals surface area contributed by atoms with Crippen LogP contribution in [0.2, 0.25) is 0 Å². The van der Waals surface area contributed by atoms with Gasteiger partial charge < -0.3 is 5.32 Å². The van der Waals surface area contributed by atoms with Crippen molar-refractivity contribution in [1.29, 1.82) is 0 Å². The van der Waals surface area contributed by atoms with E-state index in [0.29, 0.717) is 0 Å². The first-order chi connectivity index (χ1) is 10.6. The Kier molecular flexibility index (Phi) is 3.67. The highest BCUT2D eigenvalue weighted by Gasteiger charge is 2.17. The summed E-state index contributed by atoms with van der Waals surface area (Å²) in [5, 5.41) is 3.01. The summed E-state index contributed by atoms with van der Waals surface area (Å²) in [5.41, 5.74) is 3.80. The van der Waals surface area contributed by atoms with Gasteiger partial charge in [0.1, 0.15) is 17.2 Å². The van der Waals surface area contributed by atoms with Gasteiger partial charge in [-0.1, -0.05) is 49.7 Å². The lowest BCUT2D eigenvalue weighted by Gasteiger charge is -2.09. The van der Waals surface area contributed by atoms with Gasteiger partial charge in [0.2, 0.25) is 5.91 Å². The van der Waals surface area contributed by atoms with Crippen LogP contribution in [0.1, 0.15) is 19.4 Å². The van der Waals surface area contributed by atoms with Gasteiger partial charge in [-0.3, -0.25) is 9.20 Å². The van der Waals surface area contributed by atoms with E-state index in [-0.39, 0.29) is 11.8 Å². The predicted molar refractivity (Wildman–Crippen MR) is 88.8 cm³/mol. The maximum Gasteiger partial charge on any atom is 0.228 e. The lowest BCUT2D eigenvalue weighted by molar-refractivity contribution is -0.118. The number of rotatable bonds is 3. The summed E-state index contributed by atoms with van der Waals surface area (Å²) in [5.74, 6) is 0.622. The minimum atomic E-state index is -0.0832. The number of pyridine rings is 1. The average molecular weight is 293 g/mol. The first-order valence-electron chi connectivity index (χ1n) is 7.41. The largest absolute Gasteiger partial charge is 0.310 e. The van der Waals surface area contributed by atoms with Crippen LogP contribution in [0.5, 0.6) is 0 Å². The molecule has 0 saturated heterocycles. The fourth-order valence-corrected chi connectivity index (χ4v) is 2.29. The second kappa shape index (κ2) is 5.64. The first kappa shape index (κ1) is 14.3. The third-order valence-corrected chi connectivity index (χ3v) is 3.62. The lowest BCUT2D eigenvalue weighted by atomic mass is 10.1. The van der Waals surface area contributed by atoms with Crippen molar-refractivity contribution in [1.82, 2.24) is 9.38 Å². The number of amides is 1. The number of carbonyl (C=O) groups excluding carboxylic acids is 1. The van der Waals surface area contributed by atoms with Gasteiger partial charge >= 0.3 is 0 Å². The lowest BCUT2D eigenvalue weighted by Crippen LogP contribution is -2.19. The van der Waals surface area contributed by atoms with E-state index in [1.807, 2.05) is 66.9 Å². The zero-order valence-electron chi connectivity index (χ0n) is 13.0. The van der Waals surface area contributed by atoms with Gasteiger partial charge in [-0.15, -0.1) is 0 Å². The Morgan fingerprint density at radius 3 is 2.55 bits per heavy atom. The van der Waals surface area contributed by atoms with Crippen LogP contribution >= 0.6 is 0 Å². The number of nitrogens with one attached hydrogen (secondary N) is 1. The van der Waals surface area contributed by atoms with E-state index in [9.17, 15) is 4.79 Å². The van der Waals surface area contributed by atoms with Crippen LogP contribution < -0.4 is 5.32 Å². The number of benzene rings is 1. The minimum absolute atomic E-state index is 0.0148. The summed E-state index contributed by atoms with van der Waals surface area (Å²) in [6.45, 7) is 5.81. The number of fused-ring (bicyclic) bond motifs is 1. The standard InChI is InChI=1S/C18H19N3O/c1-12(2)18(22)20-17-16(14-9-7-13(3)8-10-14)19-15-6-4-5-11-21(15)17/h4-12H,1-3H3,(H,20,22). The van der Waals surface area contributed by atoms with E-state index in [2.05, 4.69) is 17.2 Å². The molecule has 112 valence electrons. The molecule has 2 heterocycles. The highest BCUT2D eigenvalue weighted by Crippen LogP contribution is 2.29. The molecule has 0 aliphatic carbocycles. The Hall–Kier alpha value is -2.62. The van der Waals surface area contributed by atoms with E-state index in [1.54, 1.807) is 0 Å². The quantitative estimate of drug-likeness (QED) is 0.796. The molecule has 0 bridgehead atoms. The summed E-state index contributed by atoms with van der Waals surface area (Å²) >= 11 is 0. The van der Waals surface area contributed by atoms with E-state index in [4.69, 9.17) is 0 Å². The number of carbonyl (C=O) groups is 1. The van der Waals surface area contributed by atoms with Gasteiger partial charge in [0.15, 0.2) is 0 Å². The SMILES string of the molecule is Cc1ccc(-c2nc3ccccn3c2NC(=O)C(C)C)cc1. The number of imidazole rings is 1. The van der Waals surface area contributed by atoms with Crippen molar-refractivity contribution in [2.24, 2.45) is 5.92 Å². The highest BCUT2D eigenvalue weighted by molar-refractivity contribution is 5.95. The van der Waals surface area contributed by atoms with Gasteiger partial charge in [-0.25, -0.2) is 4.98 Å². The van der Waals surface area contributed by atoms with E-state index >= 15 is 0 Å². The zero-order chi connectivity index (χ0) is 15.7. The van der Waals surface area contributed by atoms with Gasteiger partial charge in [0, 0.05) is 17.7 Å². The fraction of sp³-hybridized carbons (Fsp3) is 0.222. The van der Waals surface area contributed by atoms with Crippen LogP contribution in [0.25, 0.3) is 16.9 Å². The molecule has 0 radical (unpaired) electrons. The van der Waals surface area contributed by atoms with Crippen molar-refractivity contribution in [3.8, 4) is 11.3 Å². The Morgan fingerprint density at radius 2 is 1.86 bits per heavy atom. The monoisotopic (exact) mass is 293 g/mol. The number of hydrogen-bond acceptors (Lipinski definition) is 2. The third kappa shape index (κ3) is 2.60. The first-order valence-corrected chi connectivity index (χ1v) is 7.41. The summed E-state index contributed by atoms with van der Waals surface area (Å²) in [7, 11) is 0. The molecule has 0 spiro atoms. The number of aryl methyl sites for hydroxylation is 1. The maximum atomic E-state index is 12.1. The Balaban J connectivity index is 2.16. The smallest absolute Gasteiger partial charge is 0.228 e. The molecular formula is C18H19N3O. The Morgan fingerprint density at radius 1 is 1.14 bits per heavy atom. The normalized spacial score (nSPS) is 11.1. The summed E-state index contributed by atoms with van der Waals surface area (Å²) in [6.07, 6.45) is 1.91. The molecule has 0 aliphatic heterocycles. The molecule has 3 aromatic rings. The van der Waals surface area contributed by atoms with Crippen LogP contribution in [0.3, 0.4) is 0 Å². The van der Waals surface area contributed by atoms with Crippen LogP contribution in [-0.2, 0) is 4.79 Å². The highest BCUT2D eigenvalue weighted by atomic mass is 16.1. The number of aromatic nitrogens is 2. The summed E-state index contributed by atoms with van der Waals surface area (Å²) in [6, 6.07) is 14.0. The minimum Gasteiger partial charge on any atom is -0.310 e. The van der Waals surface area contributed by atoms with Gasteiger partial charge in [0.05, 0.1) is 0 Å². The van der Waals surface area contributed by atoms with Crippen molar-refractivity contribution < 1.29 is 4.79 Å². The fourth-order valence-electron chi connectivity index (χ4n) is 2.29. The summed E-state index contributed by atoms with van der Waals surface area (Å²) < 4.78 is 1.91. The third-order valence-electron chi connectivity index (χ3n) is 3.62. The second-order valence-electron chi connectivity index (χ2n) is 5.75. The molecule has 0 fully saturated rings. The van der Waals surface area contributed by atoms with E-state index < -0.39 is 0 Å². The van der Waals surface area contributed by atoms with E-state index in [0.717, 1.165) is 22.7 Å². The van der Waals surface area contributed by atoms with E-state index in [1.165, 1.54) is 5.56 Å². The second-order valence-corrected chi connectivity index (χ2v) is 5.75. The molecule has 4 nitrogen and oxygen atoms in total. The number of nitrogens with zero attached hydrogens (tertiary/aromatic N) is 2. The molecule has 0 saturated carbocycles. The molecular weight excluding hydrogens is 274 g/mol. The number of hydrogen-bond donors (Lipinski definition) is 1. The van der Waals surface area contributed by atoms with Gasteiger partial charge in [-0.2, -0.15) is 0 Å².